The molecule has 11 nitrogen and oxygen atoms in total. The first-order valence-corrected chi connectivity index (χ1v) is 9.88. The number of ether oxygens (including phenoxy) is 7. The fraction of sp³-hybridized carbons (Fsp3) is 0.700. The van der Waals surface area contributed by atoms with Crippen molar-refractivity contribution in [1.82, 2.24) is 0 Å². The molecule has 1 spiro atoms. The minimum atomic E-state index is -1.89. The number of rotatable bonds is 8. The SMILES string of the molecule is C=CC[C@H]1O[C@@H](C(OC(C)=O)C(=O)OCC)C2(OCCO2)[C@@H](OC(C)=O)[C@H]1OC(C)=O. The second-order valence-electron chi connectivity index (χ2n) is 6.92. The van der Waals surface area contributed by atoms with E-state index in [0.29, 0.717) is 0 Å². The lowest BCUT2D eigenvalue weighted by Crippen LogP contribution is -2.72. The Labute approximate surface area is 179 Å². The molecule has 2 aliphatic rings. The lowest BCUT2D eigenvalue weighted by Gasteiger charge is -2.50. The minimum absolute atomic E-state index is 0.0115. The van der Waals surface area contributed by atoms with E-state index >= 15 is 0 Å². The lowest BCUT2D eigenvalue weighted by molar-refractivity contribution is -0.356. The number of hydrogen-bond acceptors (Lipinski definition) is 11. The zero-order valence-electron chi connectivity index (χ0n) is 18.0. The molecule has 31 heavy (non-hydrogen) atoms. The van der Waals surface area contributed by atoms with Gasteiger partial charge in [-0.25, -0.2) is 4.79 Å². The quantitative estimate of drug-likeness (QED) is 0.293. The van der Waals surface area contributed by atoms with Crippen LogP contribution < -0.4 is 0 Å². The topological polar surface area (TPSA) is 133 Å². The zero-order chi connectivity index (χ0) is 23.2. The summed E-state index contributed by atoms with van der Waals surface area (Å²) in [5.74, 6) is -4.93. The van der Waals surface area contributed by atoms with Crippen LogP contribution in [0.25, 0.3) is 0 Å². The van der Waals surface area contributed by atoms with Crippen LogP contribution in [0.15, 0.2) is 12.7 Å². The van der Waals surface area contributed by atoms with Crippen LogP contribution in [-0.4, -0.2) is 80.0 Å². The maximum atomic E-state index is 12.7. The van der Waals surface area contributed by atoms with Gasteiger partial charge >= 0.3 is 23.9 Å². The third kappa shape index (κ3) is 5.60. The number of esters is 4. The molecule has 0 amide bonds. The van der Waals surface area contributed by atoms with Gasteiger partial charge in [0.05, 0.1) is 19.8 Å². The average molecular weight is 444 g/mol. The summed E-state index contributed by atoms with van der Waals surface area (Å²) < 4.78 is 38.8. The van der Waals surface area contributed by atoms with Crippen LogP contribution >= 0.6 is 0 Å². The molecule has 0 aliphatic carbocycles. The molecule has 174 valence electrons. The molecule has 1 unspecified atom stereocenters. The van der Waals surface area contributed by atoms with Crippen LogP contribution in [0.4, 0.5) is 0 Å². The van der Waals surface area contributed by atoms with E-state index in [1.54, 1.807) is 6.92 Å². The van der Waals surface area contributed by atoms with Gasteiger partial charge in [0.1, 0.15) is 6.10 Å². The van der Waals surface area contributed by atoms with E-state index in [-0.39, 0.29) is 26.2 Å². The summed E-state index contributed by atoms with van der Waals surface area (Å²) in [6.45, 7) is 8.84. The zero-order valence-corrected chi connectivity index (χ0v) is 18.0. The molecule has 2 rings (SSSR count). The summed E-state index contributed by atoms with van der Waals surface area (Å²) in [6, 6.07) is 0. The second-order valence-corrected chi connectivity index (χ2v) is 6.92. The van der Waals surface area contributed by atoms with Crippen LogP contribution in [-0.2, 0) is 52.3 Å². The van der Waals surface area contributed by atoms with Crippen molar-refractivity contribution in [2.24, 2.45) is 0 Å². The van der Waals surface area contributed by atoms with Gasteiger partial charge in [-0.3, -0.25) is 14.4 Å². The van der Waals surface area contributed by atoms with Crippen molar-refractivity contribution in [3.05, 3.63) is 12.7 Å². The van der Waals surface area contributed by atoms with Crippen molar-refractivity contribution in [1.29, 1.82) is 0 Å². The van der Waals surface area contributed by atoms with Gasteiger partial charge in [0.15, 0.2) is 18.3 Å². The summed E-state index contributed by atoms with van der Waals surface area (Å²) in [4.78, 5) is 48.1. The van der Waals surface area contributed by atoms with Crippen LogP contribution in [0.5, 0.6) is 0 Å². The highest BCUT2D eigenvalue weighted by Gasteiger charge is 2.67. The first kappa shape index (κ1) is 24.8. The Balaban J connectivity index is 2.60. The first-order chi connectivity index (χ1) is 14.7. The van der Waals surface area contributed by atoms with Crippen molar-refractivity contribution >= 4 is 23.9 Å². The highest BCUT2D eigenvalue weighted by atomic mass is 16.8. The van der Waals surface area contributed by atoms with E-state index in [4.69, 9.17) is 33.2 Å². The van der Waals surface area contributed by atoms with Crippen molar-refractivity contribution in [3.63, 3.8) is 0 Å². The molecule has 0 N–H and O–H groups in total. The molecule has 0 aromatic heterocycles. The average Bonchev–Trinajstić information content (AvgIpc) is 3.15. The summed E-state index contributed by atoms with van der Waals surface area (Å²) in [6.07, 6.45) is -4.72. The van der Waals surface area contributed by atoms with Gasteiger partial charge in [-0.05, 0) is 13.3 Å². The van der Waals surface area contributed by atoms with E-state index in [0.717, 1.165) is 13.8 Å². The molecule has 5 atom stereocenters. The molecule has 11 heteroatoms. The normalized spacial score (nSPS) is 27.7. The third-order valence-corrected chi connectivity index (χ3v) is 4.60. The standard InChI is InChI=1S/C20H28O11/c1-6-8-14-15(28-11(3)21)17(30-13(5)23)20(26-9-10-27-20)18(31-14)16(29-12(4)22)19(24)25-7-2/h6,14-18H,1,7-10H2,2-5H3/t14-,15+,16?,17+,18+/m1/s1. The Morgan fingerprint density at radius 3 is 2.16 bits per heavy atom. The van der Waals surface area contributed by atoms with Crippen LogP contribution in [0, 0.1) is 0 Å². The van der Waals surface area contributed by atoms with E-state index < -0.39 is 60.2 Å². The molecule has 0 bridgehead atoms. The largest absolute Gasteiger partial charge is 0.463 e. The first-order valence-electron chi connectivity index (χ1n) is 9.88. The van der Waals surface area contributed by atoms with Crippen molar-refractivity contribution < 1.29 is 52.3 Å². The summed E-state index contributed by atoms with van der Waals surface area (Å²) in [7, 11) is 0. The molecule has 0 aromatic carbocycles. The molecule has 2 aliphatic heterocycles. The molecule has 2 fully saturated rings. The van der Waals surface area contributed by atoms with Crippen molar-refractivity contribution in [3.8, 4) is 0 Å². The summed E-state index contributed by atoms with van der Waals surface area (Å²) in [5, 5.41) is 0. The van der Waals surface area contributed by atoms with Gasteiger partial charge < -0.3 is 33.2 Å². The van der Waals surface area contributed by atoms with E-state index in [9.17, 15) is 19.2 Å². The van der Waals surface area contributed by atoms with Crippen LogP contribution in [0.3, 0.4) is 0 Å². The maximum absolute atomic E-state index is 12.7. The van der Waals surface area contributed by atoms with Crippen LogP contribution in [0.2, 0.25) is 0 Å². The highest BCUT2D eigenvalue weighted by Crippen LogP contribution is 2.43. The molecule has 0 saturated carbocycles. The van der Waals surface area contributed by atoms with Gasteiger partial charge in [-0.1, -0.05) is 6.08 Å². The predicted octanol–water partition coefficient (Wildman–Crippen LogP) is 0.431. The van der Waals surface area contributed by atoms with E-state index in [1.165, 1.54) is 13.0 Å². The monoisotopic (exact) mass is 444 g/mol. The van der Waals surface area contributed by atoms with Gasteiger partial charge in [0.2, 0.25) is 11.9 Å². The van der Waals surface area contributed by atoms with Crippen molar-refractivity contribution in [2.45, 2.75) is 70.4 Å². The Morgan fingerprint density at radius 1 is 1.06 bits per heavy atom. The number of carbonyl (C=O) groups is 4. The Kier molecular flexibility index (Phi) is 8.54. The van der Waals surface area contributed by atoms with Gasteiger partial charge in [-0.2, -0.15) is 0 Å². The third-order valence-electron chi connectivity index (χ3n) is 4.60. The number of hydrogen-bond donors (Lipinski definition) is 0. The van der Waals surface area contributed by atoms with Crippen molar-refractivity contribution in [2.75, 3.05) is 19.8 Å². The molecular weight excluding hydrogens is 416 g/mol. The summed E-state index contributed by atoms with van der Waals surface area (Å²) >= 11 is 0. The maximum Gasteiger partial charge on any atom is 0.350 e. The fourth-order valence-corrected chi connectivity index (χ4v) is 3.65. The Hall–Kier alpha value is -2.50. The summed E-state index contributed by atoms with van der Waals surface area (Å²) in [5.41, 5.74) is 0. The molecular formula is C20H28O11. The van der Waals surface area contributed by atoms with Gasteiger partial charge in [0.25, 0.3) is 0 Å². The van der Waals surface area contributed by atoms with E-state index in [1.807, 2.05) is 0 Å². The van der Waals surface area contributed by atoms with E-state index in [2.05, 4.69) is 6.58 Å². The smallest absolute Gasteiger partial charge is 0.350 e. The fourth-order valence-electron chi connectivity index (χ4n) is 3.65. The molecule has 2 saturated heterocycles. The van der Waals surface area contributed by atoms with Gasteiger partial charge in [0, 0.05) is 20.8 Å². The molecule has 2 heterocycles. The second kappa shape index (κ2) is 10.7. The Morgan fingerprint density at radius 2 is 1.68 bits per heavy atom. The Bertz CT molecular complexity index is 697. The minimum Gasteiger partial charge on any atom is -0.463 e. The highest BCUT2D eigenvalue weighted by molar-refractivity contribution is 5.79. The lowest BCUT2D eigenvalue weighted by atomic mass is 9.86. The molecule has 0 aromatic rings. The number of carbonyl (C=O) groups excluding carboxylic acids is 4. The van der Waals surface area contributed by atoms with Gasteiger partial charge in [-0.15, -0.1) is 6.58 Å². The molecule has 0 radical (unpaired) electrons. The predicted molar refractivity (Wildman–Crippen MR) is 101 cm³/mol. The van der Waals surface area contributed by atoms with Crippen LogP contribution in [0.1, 0.15) is 34.1 Å².